The first-order valence-corrected chi connectivity index (χ1v) is 12.7. The molecule has 1 atom stereocenters. The fourth-order valence-electron chi connectivity index (χ4n) is 5.47. The van der Waals surface area contributed by atoms with Gasteiger partial charge in [-0.05, 0) is 25.7 Å². The van der Waals surface area contributed by atoms with Gasteiger partial charge in [-0.2, -0.15) is 4.98 Å². The summed E-state index contributed by atoms with van der Waals surface area (Å²) in [6.45, 7) is 7.93. The van der Waals surface area contributed by atoms with Crippen LogP contribution in [0.5, 0.6) is 0 Å². The zero-order valence-electron chi connectivity index (χ0n) is 20.1. The summed E-state index contributed by atoms with van der Waals surface area (Å²) >= 11 is 0. The van der Waals surface area contributed by atoms with Gasteiger partial charge in [-0.25, -0.2) is 14.8 Å². The monoisotopic (exact) mass is 484 g/mol. The van der Waals surface area contributed by atoms with E-state index in [4.69, 9.17) is 28.9 Å². The first-order valence-electron chi connectivity index (χ1n) is 12.7. The highest BCUT2D eigenvalue weighted by Gasteiger charge is 2.30. The number of aromatic nitrogens is 6. The molecule has 0 aromatic carbocycles. The molecular weight excluding hydrogens is 452 g/mol. The maximum Gasteiger partial charge on any atom is 0.439 e. The fraction of sp³-hybridized carbons (Fsp3) is 0.696. The van der Waals surface area contributed by atoms with Crippen molar-refractivity contribution in [2.45, 2.75) is 51.7 Å². The van der Waals surface area contributed by atoms with E-state index < -0.39 is 5.76 Å². The first-order chi connectivity index (χ1) is 17.2. The van der Waals surface area contributed by atoms with Crippen LogP contribution in [0.25, 0.3) is 22.8 Å². The molecule has 3 aromatic heterocycles. The van der Waals surface area contributed by atoms with Gasteiger partial charge in [0.05, 0.1) is 25.9 Å². The second-order valence-corrected chi connectivity index (χ2v) is 9.74. The lowest BCUT2D eigenvalue weighted by Gasteiger charge is -2.33. The van der Waals surface area contributed by atoms with Crippen LogP contribution in [0.3, 0.4) is 0 Å². The van der Waals surface area contributed by atoms with Crippen molar-refractivity contribution in [2.75, 3.05) is 55.8 Å². The third-order valence-electron chi connectivity index (χ3n) is 7.22. The van der Waals surface area contributed by atoms with E-state index in [0.717, 1.165) is 36.9 Å². The molecule has 3 aliphatic rings. The molecule has 5 heterocycles. The van der Waals surface area contributed by atoms with E-state index in [1.165, 1.54) is 32.1 Å². The molecule has 188 valence electrons. The Bertz CT molecular complexity index is 1220. The van der Waals surface area contributed by atoms with E-state index in [-0.39, 0.29) is 11.9 Å². The highest BCUT2D eigenvalue weighted by atomic mass is 16.5. The Morgan fingerprint density at radius 3 is 2.54 bits per heavy atom. The number of hydrogen-bond donors (Lipinski definition) is 1. The largest absolute Gasteiger partial charge is 0.439 e. The number of morpholine rings is 2. The smallest absolute Gasteiger partial charge is 0.378 e. The van der Waals surface area contributed by atoms with Crippen LogP contribution in [0, 0.1) is 5.92 Å². The van der Waals surface area contributed by atoms with Gasteiger partial charge >= 0.3 is 5.76 Å². The topological polar surface area (TPSA) is 127 Å². The standard InChI is InChI=1S/C23H32N8O4/c1-15-13-30(9-12-34-15)21-17-18(24-19(25-21)20-27-23(32)35-28-20)26-22(29-7-10-33-11-8-29)31(17)14-16-5-3-2-4-6-16/h15-16H,2-14H2,1H3,(H,27,28,32). The number of rotatable bonds is 5. The number of H-pyrrole nitrogens is 1. The maximum absolute atomic E-state index is 11.6. The molecule has 3 fully saturated rings. The summed E-state index contributed by atoms with van der Waals surface area (Å²) in [6.07, 6.45) is 6.40. The molecule has 1 N–H and O–H groups in total. The van der Waals surface area contributed by atoms with E-state index >= 15 is 0 Å². The number of aromatic amines is 1. The molecule has 12 nitrogen and oxygen atoms in total. The molecule has 1 aliphatic carbocycles. The van der Waals surface area contributed by atoms with Crippen molar-refractivity contribution >= 4 is 22.9 Å². The summed E-state index contributed by atoms with van der Waals surface area (Å²) in [5.41, 5.74) is 1.53. The predicted octanol–water partition coefficient (Wildman–Crippen LogP) is 1.81. The predicted molar refractivity (Wildman–Crippen MR) is 129 cm³/mol. The molecule has 6 rings (SSSR count). The van der Waals surface area contributed by atoms with Gasteiger partial charge in [-0.1, -0.05) is 24.4 Å². The van der Waals surface area contributed by atoms with Gasteiger partial charge in [0.2, 0.25) is 17.6 Å². The highest BCUT2D eigenvalue weighted by Crippen LogP contribution is 2.35. The van der Waals surface area contributed by atoms with E-state index in [0.29, 0.717) is 50.3 Å². The Morgan fingerprint density at radius 2 is 1.80 bits per heavy atom. The molecular formula is C23H32N8O4. The van der Waals surface area contributed by atoms with Gasteiger partial charge in [0, 0.05) is 32.7 Å². The number of ether oxygens (including phenoxy) is 2. The Morgan fingerprint density at radius 1 is 1.00 bits per heavy atom. The summed E-state index contributed by atoms with van der Waals surface area (Å²) in [5, 5.41) is 3.83. The summed E-state index contributed by atoms with van der Waals surface area (Å²) in [5.74, 6) is 2.18. The van der Waals surface area contributed by atoms with Gasteiger partial charge in [0.15, 0.2) is 11.5 Å². The van der Waals surface area contributed by atoms with Crippen molar-refractivity contribution in [2.24, 2.45) is 5.92 Å². The summed E-state index contributed by atoms with van der Waals surface area (Å²) in [4.78, 5) is 33.5. The average Bonchev–Trinajstić information content (AvgIpc) is 3.48. The molecule has 2 saturated heterocycles. The second-order valence-electron chi connectivity index (χ2n) is 9.74. The van der Waals surface area contributed by atoms with Crippen molar-refractivity contribution in [1.82, 2.24) is 29.7 Å². The minimum atomic E-state index is -0.637. The number of fused-ring (bicyclic) bond motifs is 1. The van der Waals surface area contributed by atoms with Crippen LogP contribution in [0.2, 0.25) is 0 Å². The second kappa shape index (κ2) is 9.57. The molecule has 35 heavy (non-hydrogen) atoms. The molecule has 1 unspecified atom stereocenters. The van der Waals surface area contributed by atoms with Crippen molar-refractivity contribution in [3.8, 4) is 11.6 Å². The number of imidazole rings is 1. The molecule has 0 spiro atoms. The summed E-state index contributed by atoms with van der Waals surface area (Å²) < 4.78 is 18.5. The van der Waals surface area contributed by atoms with Crippen molar-refractivity contribution in [3.63, 3.8) is 0 Å². The van der Waals surface area contributed by atoms with Crippen molar-refractivity contribution < 1.29 is 14.0 Å². The third kappa shape index (κ3) is 4.52. The SMILES string of the molecule is CC1CN(c2nc(-c3noc(=O)[nH]3)nc3nc(N4CCOCC4)n(CC4CCCCC4)c23)CCO1. The lowest BCUT2D eigenvalue weighted by molar-refractivity contribution is 0.0530. The Kier molecular flexibility index (Phi) is 6.15. The minimum Gasteiger partial charge on any atom is -0.378 e. The number of nitrogens with zero attached hydrogens (tertiary/aromatic N) is 7. The normalized spacial score (nSPS) is 22.3. The lowest BCUT2D eigenvalue weighted by Crippen LogP contribution is -2.42. The molecule has 3 aromatic rings. The maximum atomic E-state index is 11.6. The number of hydrogen-bond acceptors (Lipinski definition) is 10. The van der Waals surface area contributed by atoms with Crippen LogP contribution < -0.4 is 15.6 Å². The molecule has 1 saturated carbocycles. The van der Waals surface area contributed by atoms with Crippen molar-refractivity contribution in [3.05, 3.63) is 10.6 Å². The number of anilines is 2. The molecule has 0 bridgehead atoms. The van der Waals surface area contributed by atoms with Crippen molar-refractivity contribution in [1.29, 1.82) is 0 Å². The van der Waals surface area contributed by atoms with Gasteiger partial charge in [-0.15, -0.1) is 0 Å². The van der Waals surface area contributed by atoms with Gasteiger partial charge in [0.1, 0.15) is 5.52 Å². The third-order valence-corrected chi connectivity index (χ3v) is 7.22. The lowest BCUT2D eigenvalue weighted by atomic mass is 9.89. The van der Waals surface area contributed by atoms with Crippen LogP contribution in [0.1, 0.15) is 39.0 Å². The first kappa shape index (κ1) is 22.5. The molecule has 0 radical (unpaired) electrons. The van der Waals surface area contributed by atoms with E-state index in [1.54, 1.807) is 0 Å². The summed E-state index contributed by atoms with van der Waals surface area (Å²) in [7, 11) is 0. The molecule has 2 aliphatic heterocycles. The summed E-state index contributed by atoms with van der Waals surface area (Å²) in [6, 6.07) is 0. The van der Waals surface area contributed by atoms with Gasteiger partial charge < -0.3 is 23.8 Å². The van der Waals surface area contributed by atoms with Crippen LogP contribution in [0.15, 0.2) is 9.32 Å². The van der Waals surface area contributed by atoms with E-state index in [9.17, 15) is 4.79 Å². The van der Waals surface area contributed by atoms with Gasteiger partial charge in [-0.3, -0.25) is 9.51 Å². The van der Waals surface area contributed by atoms with Crippen LogP contribution >= 0.6 is 0 Å². The zero-order chi connectivity index (χ0) is 23.8. The Labute approximate surface area is 202 Å². The van der Waals surface area contributed by atoms with E-state index in [2.05, 4.69) is 31.4 Å². The van der Waals surface area contributed by atoms with Crippen LogP contribution in [-0.4, -0.2) is 81.8 Å². The quantitative estimate of drug-likeness (QED) is 0.573. The fourth-order valence-corrected chi connectivity index (χ4v) is 5.47. The average molecular weight is 485 g/mol. The van der Waals surface area contributed by atoms with Gasteiger partial charge in [0.25, 0.3) is 0 Å². The Hall–Kier alpha value is -2.99. The molecule has 12 heteroatoms. The Balaban J connectivity index is 1.52. The van der Waals surface area contributed by atoms with Crippen LogP contribution in [0.4, 0.5) is 11.8 Å². The highest BCUT2D eigenvalue weighted by molar-refractivity contribution is 5.88. The van der Waals surface area contributed by atoms with E-state index in [1.807, 2.05) is 0 Å². The minimum absolute atomic E-state index is 0.0810. The van der Waals surface area contributed by atoms with Crippen LogP contribution in [-0.2, 0) is 16.0 Å². The number of nitrogens with one attached hydrogen (secondary N) is 1. The zero-order valence-corrected chi connectivity index (χ0v) is 20.1. The molecule has 0 amide bonds.